The summed E-state index contributed by atoms with van der Waals surface area (Å²) in [5.74, 6) is 2.01. The molecule has 186 valence electrons. The van der Waals surface area contributed by atoms with Crippen LogP contribution in [0.3, 0.4) is 0 Å². The van der Waals surface area contributed by atoms with Crippen molar-refractivity contribution in [3.8, 4) is 11.5 Å². The molecule has 3 aliphatic rings. The SMILES string of the molecule is COc1cc2c(cc1C)OCC1CC(CN3CCCN(C/C(C)=C/c4ccccc4)CC3)ON=C21. The monoisotopic (exact) mass is 475 g/mol. The molecular formula is C29H37N3O3. The van der Waals surface area contributed by atoms with Gasteiger partial charge in [0.05, 0.1) is 19.4 Å². The van der Waals surface area contributed by atoms with Gasteiger partial charge in [0.15, 0.2) is 0 Å². The van der Waals surface area contributed by atoms with Gasteiger partial charge in [0, 0.05) is 37.7 Å². The number of benzene rings is 2. The molecule has 0 radical (unpaired) electrons. The van der Waals surface area contributed by atoms with Crippen LogP contribution >= 0.6 is 0 Å². The summed E-state index contributed by atoms with van der Waals surface area (Å²) in [6, 6.07) is 14.7. The van der Waals surface area contributed by atoms with E-state index in [0.29, 0.717) is 6.61 Å². The maximum Gasteiger partial charge on any atom is 0.140 e. The number of aryl methyl sites for hydroxylation is 1. The summed E-state index contributed by atoms with van der Waals surface area (Å²) in [6.45, 7) is 11.3. The second kappa shape index (κ2) is 10.8. The molecule has 0 aliphatic carbocycles. The average molecular weight is 476 g/mol. The number of hydrogen-bond donors (Lipinski definition) is 0. The van der Waals surface area contributed by atoms with Crippen molar-refractivity contribution >= 4 is 11.8 Å². The Morgan fingerprint density at radius 2 is 1.91 bits per heavy atom. The lowest BCUT2D eigenvalue weighted by molar-refractivity contribution is 0.00185. The Balaban J connectivity index is 1.16. The molecule has 2 atom stereocenters. The van der Waals surface area contributed by atoms with Crippen LogP contribution in [-0.2, 0) is 4.84 Å². The average Bonchev–Trinajstić information content (AvgIpc) is 3.08. The van der Waals surface area contributed by atoms with E-state index in [2.05, 4.69) is 58.3 Å². The van der Waals surface area contributed by atoms with Gasteiger partial charge in [-0.2, -0.15) is 0 Å². The van der Waals surface area contributed by atoms with E-state index in [1.54, 1.807) is 7.11 Å². The molecule has 1 saturated heterocycles. The molecule has 2 aromatic rings. The van der Waals surface area contributed by atoms with E-state index in [9.17, 15) is 0 Å². The van der Waals surface area contributed by atoms with Gasteiger partial charge in [0.2, 0.25) is 0 Å². The van der Waals surface area contributed by atoms with Crippen molar-refractivity contribution in [1.29, 1.82) is 0 Å². The molecular weight excluding hydrogens is 438 g/mol. The number of ether oxygens (including phenoxy) is 2. The van der Waals surface area contributed by atoms with Crippen LogP contribution in [0, 0.1) is 12.8 Å². The quantitative estimate of drug-likeness (QED) is 0.610. The Morgan fingerprint density at radius 3 is 2.74 bits per heavy atom. The van der Waals surface area contributed by atoms with Crippen LogP contribution in [0.15, 0.2) is 53.2 Å². The number of rotatable bonds is 6. The largest absolute Gasteiger partial charge is 0.496 e. The van der Waals surface area contributed by atoms with Crippen LogP contribution in [0.1, 0.15) is 36.5 Å². The molecule has 6 heteroatoms. The predicted molar refractivity (Wildman–Crippen MR) is 140 cm³/mol. The molecule has 1 fully saturated rings. The number of nitrogens with zero attached hydrogens (tertiary/aromatic N) is 3. The van der Waals surface area contributed by atoms with E-state index in [-0.39, 0.29) is 12.0 Å². The maximum atomic E-state index is 6.11. The number of fused-ring (bicyclic) bond motifs is 3. The number of hydrogen-bond acceptors (Lipinski definition) is 6. The van der Waals surface area contributed by atoms with Crippen molar-refractivity contribution in [1.82, 2.24) is 9.80 Å². The molecule has 5 rings (SSSR count). The molecule has 0 N–H and O–H groups in total. The molecule has 3 heterocycles. The zero-order valence-electron chi connectivity index (χ0n) is 21.2. The van der Waals surface area contributed by atoms with Gasteiger partial charge in [-0.3, -0.25) is 9.80 Å². The Kier molecular flexibility index (Phi) is 7.40. The highest BCUT2D eigenvalue weighted by Crippen LogP contribution is 2.37. The van der Waals surface area contributed by atoms with E-state index in [4.69, 9.17) is 14.3 Å². The van der Waals surface area contributed by atoms with E-state index in [1.165, 1.54) is 17.6 Å². The van der Waals surface area contributed by atoms with Crippen LogP contribution in [0.25, 0.3) is 6.08 Å². The lowest BCUT2D eigenvalue weighted by atomic mass is 9.88. The molecule has 2 unspecified atom stereocenters. The minimum atomic E-state index is 0.104. The summed E-state index contributed by atoms with van der Waals surface area (Å²) in [5, 5.41) is 4.60. The van der Waals surface area contributed by atoms with Crippen molar-refractivity contribution in [2.45, 2.75) is 32.8 Å². The van der Waals surface area contributed by atoms with Gasteiger partial charge >= 0.3 is 0 Å². The van der Waals surface area contributed by atoms with Crippen molar-refractivity contribution in [3.05, 3.63) is 64.7 Å². The second-order valence-corrected chi connectivity index (χ2v) is 10.1. The highest BCUT2D eigenvalue weighted by atomic mass is 16.6. The first-order valence-corrected chi connectivity index (χ1v) is 12.8. The highest BCUT2D eigenvalue weighted by Gasteiger charge is 2.35. The van der Waals surface area contributed by atoms with Crippen molar-refractivity contribution in [2.24, 2.45) is 11.1 Å². The van der Waals surface area contributed by atoms with Crippen molar-refractivity contribution in [3.63, 3.8) is 0 Å². The minimum Gasteiger partial charge on any atom is -0.496 e. The third-order valence-corrected chi connectivity index (χ3v) is 7.28. The normalized spacial score (nSPS) is 23.3. The van der Waals surface area contributed by atoms with E-state index in [1.807, 2.05) is 19.1 Å². The molecule has 6 nitrogen and oxygen atoms in total. The molecule has 2 aromatic carbocycles. The lowest BCUT2D eigenvalue weighted by Crippen LogP contribution is -2.42. The van der Waals surface area contributed by atoms with Crippen LogP contribution in [-0.4, -0.2) is 74.6 Å². The fraction of sp³-hybridized carbons (Fsp3) is 0.483. The third kappa shape index (κ3) is 5.71. The van der Waals surface area contributed by atoms with Gasteiger partial charge in [0.25, 0.3) is 0 Å². The van der Waals surface area contributed by atoms with Gasteiger partial charge in [-0.15, -0.1) is 0 Å². The molecule has 0 saturated carbocycles. The summed E-state index contributed by atoms with van der Waals surface area (Å²) < 4.78 is 11.6. The molecule has 35 heavy (non-hydrogen) atoms. The topological polar surface area (TPSA) is 46.5 Å². The first-order valence-electron chi connectivity index (χ1n) is 12.8. The highest BCUT2D eigenvalue weighted by molar-refractivity contribution is 6.05. The van der Waals surface area contributed by atoms with E-state index < -0.39 is 0 Å². The Morgan fingerprint density at radius 1 is 1.11 bits per heavy atom. The van der Waals surface area contributed by atoms with Crippen LogP contribution in [0.4, 0.5) is 0 Å². The van der Waals surface area contributed by atoms with Gasteiger partial charge < -0.3 is 14.3 Å². The number of methoxy groups -OCH3 is 1. The van der Waals surface area contributed by atoms with Crippen LogP contribution < -0.4 is 9.47 Å². The fourth-order valence-electron chi connectivity index (χ4n) is 5.48. The third-order valence-electron chi connectivity index (χ3n) is 7.28. The molecule has 3 aliphatic heterocycles. The fourth-order valence-corrected chi connectivity index (χ4v) is 5.48. The van der Waals surface area contributed by atoms with Gasteiger partial charge in [-0.25, -0.2) is 0 Å². The molecule has 0 aromatic heterocycles. The van der Waals surface area contributed by atoms with Gasteiger partial charge in [0.1, 0.15) is 17.6 Å². The summed E-state index contributed by atoms with van der Waals surface area (Å²) in [7, 11) is 1.70. The number of oxime groups is 1. The maximum absolute atomic E-state index is 6.11. The Hall–Kier alpha value is -2.83. The second-order valence-electron chi connectivity index (χ2n) is 10.1. The predicted octanol–water partition coefficient (Wildman–Crippen LogP) is 4.62. The Labute approximate surface area is 209 Å². The minimum absolute atomic E-state index is 0.104. The van der Waals surface area contributed by atoms with Gasteiger partial charge in [-0.1, -0.05) is 47.1 Å². The van der Waals surface area contributed by atoms with Gasteiger partial charge in [-0.05, 0) is 63.0 Å². The standard InChI is InChI=1S/C29H37N3O3/c1-21(14-23-8-5-4-6-9-23)18-31-10-7-11-32(13-12-31)19-25-16-24-20-34-28-15-22(2)27(33-3)17-26(28)29(24)30-35-25/h4-6,8-9,14-15,17,24-25H,7,10-13,16,18-20H2,1-3H3/b21-14+. The van der Waals surface area contributed by atoms with Crippen molar-refractivity contribution in [2.75, 3.05) is 53.0 Å². The molecule has 0 amide bonds. The van der Waals surface area contributed by atoms with E-state index in [0.717, 1.165) is 74.0 Å². The Bertz CT molecular complexity index is 1080. The van der Waals surface area contributed by atoms with Crippen LogP contribution in [0.2, 0.25) is 0 Å². The first-order chi connectivity index (χ1) is 17.1. The molecule has 0 spiro atoms. The summed E-state index contributed by atoms with van der Waals surface area (Å²) in [6.07, 6.45) is 4.52. The summed E-state index contributed by atoms with van der Waals surface area (Å²) in [4.78, 5) is 11.2. The van der Waals surface area contributed by atoms with E-state index >= 15 is 0 Å². The zero-order chi connectivity index (χ0) is 24.2. The first kappa shape index (κ1) is 23.9. The lowest BCUT2D eigenvalue weighted by Gasteiger charge is -2.34. The van der Waals surface area contributed by atoms with Crippen LogP contribution in [0.5, 0.6) is 11.5 Å². The summed E-state index contributed by atoms with van der Waals surface area (Å²) >= 11 is 0. The van der Waals surface area contributed by atoms with Crippen molar-refractivity contribution < 1.29 is 14.3 Å². The zero-order valence-corrected chi connectivity index (χ0v) is 21.2. The summed E-state index contributed by atoms with van der Waals surface area (Å²) in [5.41, 5.74) is 5.76. The smallest absolute Gasteiger partial charge is 0.140 e. The molecule has 0 bridgehead atoms.